The van der Waals surface area contributed by atoms with Crippen LogP contribution in [0, 0.1) is 5.92 Å². The Bertz CT molecular complexity index is 629. The van der Waals surface area contributed by atoms with E-state index < -0.39 is 5.97 Å². The summed E-state index contributed by atoms with van der Waals surface area (Å²) < 4.78 is 0. The molecule has 0 aliphatic rings. The first-order valence-electron chi connectivity index (χ1n) is 7.82. The van der Waals surface area contributed by atoms with Crippen molar-refractivity contribution in [3.63, 3.8) is 0 Å². The maximum absolute atomic E-state index is 11.1. The molecule has 5 heteroatoms. The van der Waals surface area contributed by atoms with Crippen LogP contribution in [-0.4, -0.2) is 32.5 Å². The van der Waals surface area contributed by atoms with Crippen LogP contribution in [0.15, 0.2) is 42.6 Å². The summed E-state index contributed by atoms with van der Waals surface area (Å²) >= 11 is 0. The number of hydrogen-bond donors (Lipinski definition) is 1. The number of nitrogens with zero attached hydrogens (tertiary/aromatic N) is 3. The molecule has 122 valence electrons. The first-order valence-corrected chi connectivity index (χ1v) is 7.82. The highest BCUT2D eigenvalue weighted by Crippen LogP contribution is 2.10. The number of carbonyl (C=O) groups is 1. The van der Waals surface area contributed by atoms with E-state index in [0.717, 1.165) is 23.5 Å². The molecule has 0 radical (unpaired) electrons. The van der Waals surface area contributed by atoms with Crippen LogP contribution >= 0.6 is 0 Å². The molecule has 0 aliphatic carbocycles. The summed E-state index contributed by atoms with van der Waals surface area (Å²) in [6.45, 7) is 5.27. The zero-order valence-electron chi connectivity index (χ0n) is 13.6. The molecule has 0 spiro atoms. The maximum atomic E-state index is 11.1. The van der Waals surface area contributed by atoms with E-state index in [1.165, 1.54) is 0 Å². The number of aromatic nitrogens is 2. The number of carboxylic acid groups (broad SMARTS) is 1. The lowest BCUT2D eigenvalue weighted by Gasteiger charge is -2.19. The van der Waals surface area contributed by atoms with Crippen LogP contribution in [0.3, 0.4) is 0 Å². The summed E-state index contributed by atoms with van der Waals surface area (Å²) in [6, 6.07) is 11.6. The number of rotatable bonds is 8. The second-order valence-corrected chi connectivity index (χ2v) is 6.08. The van der Waals surface area contributed by atoms with Gasteiger partial charge in [-0.1, -0.05) is 26.0 Å². The maximum Gasteiger partial charge on any atom is 0.317 e. The van der Waals surface area contributed by atoms with E-state index in [4.69, 9.17) is 5.11 Å². The van der Waals surface area contributed by atoms with Crippen LogP contribution in [-0.2, 0) is 24.3 Å². The molecule has 0 amide bonds. The van der Waals surface area contributed by atoms with Gasteiger partial charge in [-0.05, 0) is 36.6 Å². The van der Waals surface area contributed by atoms with Crippen molar-refractivity contribution in [2.24, 2.45) is 5.92 Å². The molecule has 0 aromatic carbocycles. The number of pyridine rings is 2. The van der Waals surface area contributed by atoms with Gasteiger partial charge in [-0.25, -0.2) is 0 Å². The topological polar surface area (TPSA) is 66.3 Å². The van der Waals surface area contributed by atoms with E-state index in [0.29, 0.717) is 19.0 Å². The Hall–Kier alpha value is -2.27. The summed E-state index contributed by atoms with van der Waals surface area (Å²) in [7, 11) is 0. The van der Waals surface area contributed by atoms with E-state index in [2.05, 4.69) is 23.8 Å². The van der Waals surface area contributed by atoms with E-state index in [9.17, 15) is 4.79 Å². The largest absolute Gasteiger partial charge is 0.480 e. The smallest absolute Gasteiger partial charge is 0.317 e. The van der Waals surface area contributed by atoms with Gasteiger partial charge in [0, 0.05) is 25.0 Å². The summed E-state index contributed by atoms with van der Waals surface area (Å²) in [5.74, 6) is -0.305. The molecule has 1 N–H and O–H groups in total. The Kier molecular flexibility index (Phi) is 6.23. The molecule has 0 atom stereocenters. The zero-order chi connectivity index (χ0) is 16.7. The Morgan fingerprint density at radius 1 is 1.09 bits per heavy atom. The SMILES string of the molecule is CC(C)Cc1cccc(CN(CC(=O)O)Cc2ccccn2)n1. The molecule has 23 heavy (non-hydrogen) atoms. The standard InChI is InChI=1S/C18H23N3O2/c1-14(2)10-15-7-5-8-17(20-15)12-21(13-18(22)23)11-16-6-3-4-9-19-16/h3-9,14H,10-13H2,1-2H3,(H,22,23). The van der Waals surface area contributed by atoms with Crippen molar-refractivity contribution in [3.05, 3.63) is 59.7 Å². The number of aliphatic carboxylic acids is 1. The second kappa shape index (κ2) is 8.39. The van der Waals surface area contributed by atoms with E-state index >= 15 is 0 Å². The van der Waals surface area contributed by atoms with Gasteiger partial charge in [0.25, 0.3) is 0 Å². The van der Waals surface area contributed by atoms with Crippen molar-refractivity contribution in [1.82, 2.24) is 14.9 Å². The van der Waals surface area contributed by atoms with E-state index in [1.807, 2.05) is 41.3 Å². The predicted octanol–water partition coefficient (Wildman–Crippen LogP) is 2.76. The average Bonchev–Trinajstić information content (AvgIpc) is 2.47. The first-order chi connectivity index (χ1) is 11.0. The van der Waals surface area contributed by atoms with E-state index in [1.54, 1.807) is 6.20 Å². The highest BCUT2D eigenvalue weighted by Gasteiger charge is 2.13. The van der Waals surface area contributed by atoms with Gasteiger partial charge in [0.2, 0.25) is 0 Å². The van der Waals surface area contributed by atoms with Crippen LogP contribution < -0.4 is 0 Å². The molecule has 0 unspecified atom stereocenters. The van der Waals surface area contributed by atoms with Gasteiger partial charge in [-0.3, -0.25) is 19.7 Å². The van der Waals surface area contributed by atoms with Crippen LogP contribution in [0.2, 0.25) is 0 Å². The minimum Gasteiger partial charge on any atom is -0.480 e. The molecular weight excluding hydrogens is 290 g/mol. The molecule has 2 aromatic rings. The third-order valence-electron chi connectivity index (χ3n) is 3.34. The predicted molar refractivity (Wildman–Crippen MR) is 88.8 cm³/mol. The quantitative estimate of drug-likeness (QED) is 0.811. The van der Waals surface area contributed by atoms with Crippen LogP contribution in [0.5, 0.6) is 0 Å². The Balaban J connectivity index is 2.09. The normalized spacial score (nSPS) is 11.1. The van der Waals surface area contributed by atoms with Crippen molar-refractivity contribution >= 4 is 5.97 Å². The lowest BCUT2D eigenvalue weighted by Crippen LogP contribution is -2.29. The minimum atomic E-state index is -0.848. The van der Waals surface area contributed by atoms with Gasteiger partial charge in [-0.15, -0.1) is 0 Å². The molecule has 0 fully saturated rings. The van der Waals surface area contributed by atoms with Gasteiger partial charge in [0.15, 0.2) is 0 Å². The number of carboxylic acids is 1. The lowest BCUT2D eigenvalue weighted by atomic mass is 10.1. The fourth-order valence-electron chi connectivity index (χ4n) is 2.46. The molecule has 2 rings (SSSR count). The first kappa shape index (κ1) is 17.1. The summed E-state index contributed by atoms with van der Waals surface area (Å²) in [4.78, 5) is 21.9. The third-order valence-corrected chi connectivity index (χ3v) is 3.34. The van der Waals surface area contributed by atoms with Crippen LogP contribution in [0.4, 0.5) is 0 Å². The summed E-state index contributed by atoms with van der Waals surface area (Å²) in [6.07, 6.45) is 2.64. The molecule has 2 heterocycles. The highest BCUT2D eigenvalue weighted by atomic mass is 16.4. The van der Waals surface area contributed by atoms with Crippen molar-refractivity contribution in [2.75, 3.05) is 6.54 Å². The molecular formula is C18H23N3O2. The van der Waals surface area contributed by atoms with Gasteiger partial charge in [-0.2, -0.15) is 0 Å². The van der Waals surface area contributed by atoms with Gasteiger partial charge in [0.1, 0.15) is 0 Å². The summed E-state index contributed by atoms with van der Waals surface area (Å²) in [5, 5.41) is 9.13. The van der Waals surface area contributed by atoms with Crippen molar-refractivity contribution < 1.29 is 9.90 Å². The van der Waals surface area contributed by atoms with Gasteiger partial charge < -0.3 is 5.11 Å². The minimum absolute atomic E-state index is 0.0351. The zero-order valence-corrected chi connectivity index (χ0v) is 13.6. The molecule has 0 aliphatic heterocycles. The van der Waals surface area contributed by atoms with Gasteiger partial charge in [0.05, 0.1) is 17.9 Å². The Labute approximate surface area is 137 Å². The molecule has 5 nitrogen and oxygen atoms in total. The van der Waals surface area contributed by atoms with Crippen LogP contribution in [0.1, 0.15) is 30.9 Å². The Morgan fingerprint density at radius 3 is 2.43 bits per heavy atom. The average molecular weight is 313 g/mol. The van der Waals surface area contributed by atoms with Crippen molar-refractivity contribution in [3.8, 4) is 0 Å². The van der Waals surface area contributed by atoms with Crippen molar-refractivity contribution in [2.45, 2.75) is 33.4 Å². The van der Waals surface area contributed by atoms with Crippen molar-refractivity contribution in [1.29, 1.82) is 0 Å². The molecule has 0 saturated heterocycles. The van der Waals surface area contributed by atoms with Gasteiger partial charge >= 0.3 is 5.97 Å². The molecule has 2 aromatic heterocycles. The second-order valence-electron chi connectivity index (χ2n) is 6.08. The lowest BCUT2D eigenvalue weighted by molar-refractivity contribution is -0.138. The molecule has 0 saturated carbocycles. The fraction of sp³-hybridized carbons (Fsp3) is 0.389. The van der Waals surface area contributed by atoms with E-state index in [-0.39, 0.29) is 6.54 Å². The van der Waals surface area contributed by atoms with Crippen LogP contribution in [0.25, 0.3) is 0 Å². The third kappa shape index (κ3) is 6.16. The summed E-state index contributed by atoms with van der Waals surface area (Å²) in [5.41, 5.74) is 2.79. The monoisotopic (exact) mass is 313 g/mol. The number of hydrogen-bond acceptors (Lipinski definition) is 4. The molecule has 0 bridgehead atoms. The Morgan fingerprint density at radius 2 is 1.78 bits per heavy atom. The highest BCUT2D eigenvalue weighted by molar-refractivity contribution is 5.69. The fourth-order valence-corrected chi connectivity index (χ4v) is 2.46.